The van der Waals surface area contributed by atoms with Crippen molar-refractivity contribution in [1.29, 1.82) is 0 Å². The number of carbonyl (C=O) groups is 1. The van der Waals surface area contributed by atoms with Crippen LogP contribution in [0.5, 0.6) is 11.5 Å². The van der Waals surface area contributed by atoms with Crippen LogP contribution in [0.3, 0.4) is 0 Å². The van der Waals surface area contributed by atoms with Crippen molar-refractivity contribution in [2.45, 2.75) is 38.9 Å². The van der Waals surface area contributed by atoms with Gasteiger partial charge in [0.2, 0.25) is 0 Å². The van der Waals surface area contributed by atoms with E-state index in [1.807, 2.05) is 85.8 Å². The molecule has 0 fully saturated rings. The van der Waals surface area contributed by atoms with Gasteiger partial charge >= 0.3 is 5.97 Å². The number of carboxylic acid groups (broad SMARTS) is 1. The number of ether oxygens (including phenoxy) is 2. The van der Waals surface area contributed by atoms with Crippen LogP contribution in [0.1, 0.15) is 42.4 Å². The zero-order valence-corrected chi connectivity index (χ0v) is 16.6. The lowest BCUT2D eigenvalue weighted by atomic mass is 9.95. The summed E-state index contributed by atoms with van der Waals surface area (Å²) in [5.74, 6) is 0.745. The zero-order valence-electron chi connectivity index (χ0n) is 16.6. The zero-order chi connectivity index (χ0) is 20.5. The third kappa shape index (κ3) is 6.39. The highest BCUT2D eigenvalue weighted by atomic mass is 16.5. The maximum absolute atomic E-state index is 11.0. The topological polar surface area (TPSA) is 55.8 Å². The molecule has 0 spiro atoms. The minimum atomic E-state index is -0.786. The minimum Gasteiger partial charge on any atom is -0.489 e. The van der Waals surface area contributed by atoms with Crippen LogP contribution >= 0.6 is 0 Å². The van der Waals surface area contributed by atoms with E-state index in [-0.39, 0.29) is 12.3 Å². The smallest absolute Gasteiger partial charge is 0.303 e. The molecule has 29 heavy (non-hydrogen) atoms. The highest BCUT2D eigenvalue weighted by molar-refractivity contribution is 5.66. The highest BCUT2D eigenvalue weighted by Crippen LogP contribution is 2.34. The van der Waals surface area contributed by atoms with Gasteiger partial charge in [0.1, 0.15) is 24.7 Å². The Morgan fingerprint density at radius 2 is 1.45 bits per heavy atom. The number of carboxylic acids is 1. The van der Waals surface area contributed by atoms with E-state index in [2.05, 4.69) is 0 Å². The summed E-state index contributed by atoms with van der Waals surface area (Å²) in [5, 5.41) is 9.00. The molecule has 0 aliphatic rings. The van der Waals surface area contributed by atoms with E-state index in [0.29, 0.717) is 19.6 Å². The van der Waals surface area contributed by atoms with E-state index in [1.165, 1.54) is 0 Å². The average molecular weight is 390 g/mol. The van der Waals surface area contributed by atoms with Crippen molar-refractivity contribution in [3.8, 4) is 11.5 Å². The molecular weight excluding hydrogens is 364 g/mol. The quantitative estimate of drug-likeness (QED) is 0.474. The van der Waals surface area contributed by atoms with Crippen LogP contribution in [0.2, 0.25) is 0 Å². The molecule has 3 aromatic carbocycles. The molecule has 0 aliphatic carbocycles. The van der Waals surface area contributed by atoms with Gasteiger partial charge in [-0.05, 0) is 35.1 Å². The van der Waals surface area contributed by atoms with Crippen molar-refractivity contribution in [3.05, 3.63) is 95.6 Å². The Labute approximate surface area is 171 Å². The molecule has 0 bridgehead atoms. The van der Waals surface area contributed by atoms with Crippen molar-refractivity contribution in [2.75, 3.05) is 0 Å². The lowest BCUT2D eigenvalue weighted by Gasteiger charge is -2.18. The summed E-state index contributed by atoms with van der Waals surface area (Å²) >= 11 is 0. The maximum atomic E-state index is 11.0. The van der Waals surface area contributed by atoms with Gasteiger partial charge in [0, 0.05) is 12.5 Å². The fourth-order valence-electron chi connectivity index (χ4n) is 3.11. The largest absolute Gasteiger partial charge is 0.489 e. The molecule has 3 rings (SSSR count). The Balaban J connectivity index is 1.75. The molecule has 1 N–H and O–H groups in total. The molecule has 4 nitrogen and oxygen atoms in total. The van der Waals surface area contributed by atoms with Gasteiger partial charge in [0.15, 0.2) is 0 Å². The molecule has 0 heterocycles. The van der Waals surface area contributed by atoms with Crippen LogP contribution in [-0.4, -0.2) is 11.1 Å². The standard InChI is InChI=1S/C25H26O4/c1-19(12-15-25(26)27)23-14-13-22(28-17-20-8-4-2-5-9-20)16-24(23)29-18-21-10-6-3-7-11-21/h2-11,13-14,16,19H,12,15,17-18H2,1H3,(H,26,27). The van der Waals surface area contributed by atoms with E-state index < -0.39 is 5.97 Å². The van der Waals surface area contributed by atoms with Crippen LogP contribution < -0.4 is 9.47 Å². The molecule has 0 saturated carbocycles. The first-order valence-corrected chi connectivity index (χ1v) is 9.81. The van der Waals surface area contributed by atoms with E-state index >= 15 is 0 Å². The van der Waals surface area contributed by atoms with Gasteiger partial charge in [-0.2, -0.15) is 0 Å². The Hall–Kier alpha value is -3.27. The molecule has 4 heteroatoms. The monoisotopic (exact) mass is 390 g/mol. The van der Waals surface area contributed by atoms with Crippen LogP contribution in [0, 0.1) is 0 Å². The number of rotatable bonds is 10. The summed E-state index contributed by atoms with van der Waals surface area (Å²) in [4.78, 5) is 11.0. The Morgan fingerprint density at radius 1 is 0.862 bits per heavy atom. The SMILES string of the molecule is CC(CCC(=O)O)c1ccc(OCc2ccccc2)cc1OCc1ccccc1. The second kappa shape index (κ2) is 10.3. The van der Waals surface area contributed by atoms with Gasteiger partial charge in [-0.15, -0.1) is 0 Å². The van der Waals surface area contributed by atoms with E-state index in [4.69, 9.17) is 14.6 Å². The van der Waals surface area contributed by atoms with Gasteiger partial charge in [-0.3, -0.25) is 4.79 Å². The summed E-state index contributed by atoms with van der Waals surface area (Å²) in [5.41, 5.74) is 3.17. The van der Waals surface area contributed by atoms with Gasteiger partial charge in [0.25, 0.3) is 0 Å². The molecule has 0 amide bonds. The first-order valence-electron chi connectivity index (χ1n) is 9.81. The average Bonchev–Trinajstić information content (AvgIpc) is 2.76. The number of hydrogen-bond donors (Lipinski definition) is 1. The Bertz CT molecular complexity index is 907. The fourth-order valence-corrected chi connectivity index (χ4v) is 3.11. The van der Waals surface area contributed by atoms with Crippen LogP contribution in [0.4, 0.5) is 0 Å². The van der Waals surface area contributed by atoms with Gasteiger partial charge in [0.05, 0.1) is 0 Å². The van der Waals surface area contributed by atoms with E-state index in [9.17, 15) is 4.79 Å². The molecule has 150 valence electrons. The predicted molar refractivity (Wildman–Crippen MR) is 113 cm³/mol. The van der Waals surface area contributed by atoms with Gasteiger partial charge < -0.3 is 14.6 Å². The maximum Gasteiger partial charge on any atom is 0.303 e. The van der Waals surface area contributed by atoms with Crippen molar-refractivity contribution >= 4 is 5.97 Å². The lowest BCUT2D eigenvalue weighted by molar-refractivity contribution is -0.137. The summed E-state index contributed by atoms with van der Waals surface area (Å²) in [6.07, 6.45) is 0.687. The first kappa shape index (κ1) is 20.5. The first-order chi connectivity index (χ1) is 14.1. The number of hydrogen-bond acceptors (Lipinski definition) is 3. The van der Waals surface area contributed by atoms with Crippen molar-refractivity contribution in [2.24, 2.45) is 0 Å². The van der Waals surface area contributed by atoms with E-state index in [0.717, 1.165) is 28.2 Å². The highest BCUT2D eigenvalue weighted by Gasteiger charge is 2.15. The fraction of sp³-hybridized carbons (Fsp3) is 0.240. The van der Waals surface area contributed by atoms with Crippen molar-refractivity contribution < 1.29 is 19.4 Å². The third-order valence-electron chi connectivity index (χ3n) is 4.79. The summed E-state index contributed by atoms with van der Waals surface area (Å²) in [7, 11) is 0. The second-order valence-electron chi connectivity index (χ2n) is 7.08. The number of benzene rings is 3. The van der Waals surface area contributed by atoms with Gasteiger partial charge in [-0.25, -0.2) is 0 Å². The molecule has 3 aromatic rings. The van der Waals surface area contributed by atoms with Crippen molar-refractivity contribution in [1.82, 2.24) is 0 Å². The molecule has 0 radical (unpaired) electrons. The molecule has 0 aliphatic heterocycles. The van der Waals surface area contributed by atoms with Gasteiger partial charge in [-0.1, -0.05) is 73.7 Å². The summed E-state index contributed by atoms with van der Waals surface area (Å²) < 4.78 is 12.1. The molecular formula is C25H26O4. The van der Waals surface area contributed by atoms with Crippen molar-refractivity contribution in [3.63, 3.8) is 0 Å². The Morgan fingerprint density at radius 3 is 2.03 bits per heavy atom. The molecule has 1 atom stereocenters. The molecule has 0 saturated heterocycles. The molecule has 0 aromatic heterocycles. The minimum absolute atomic E-state index is 0.0695. The van der Waals surface area contributed by atoms with Crippen LogP contribution in [-0.2, 0) is 18.0 Å². The Kier molecular flexibility index (Phi) is 7.28. The predicted octanol–water partition coefficient (Wildman–Crippen LogP) is 5.81. The molecule has 1 unspecified atom stereocenters. The third-order valence-corrected chi connectivity index (χ3v) is 4.79. The normalized spacial score (nSPS) is 11.6. The van der Waals surface area contributed by atoms with Crippen LogP contribution in [0.15, 0.2) is 78.9 Å². The number of aliphatic carboxylic acids is 1. The van der Waals surface area contributed by atoms with E-state index in [1.54, 1.807) is 0 Å². The van der Waals surface area contributed by atoms with Crippen LogP contribution in [0.25, 0.3) is 0 Å². The lowest BCUT2D eigenvalue weighted by Crippen LogP contribution is -2.05. The second-order valence-corrected chi connectivity index (χ2v) is 7.08. The summed E-state index contributed by atoms with van der Waals surface area (Å²) in [6.45, 7) is 2.95. The summed E-state index contributed by atoms with van der Waals surface area (Å²) in [6, 6.07) is 25.8.